The van der Waals surface area contributed by atoms with Crippen molar-refractivity contribution in [3.05, 3.63) is 77.2 Å². The molecule has 1 N–H and O–H groups in total. The van der Waals surface area contributed by atoms with Crippen LogP contribution in [0.15, 0.2) is 66.7 Å². The lowest BCUT2D eigenvalue weighted by atomic mass is 10.1. The lowest BCUT2D eigenvalue weighted by molar-refractivity contribution is 0.102. The number of aryl methyl sites for hydroxylation is 1. The van der Waals surface area contributed by atoms with Crippen molar-refractivity contribution in [1.82, 2.24) is 4.98 Å². The number of thiophene rings is 1. The summed E-state index contributed by atoms with van der Waals surface area (Å²) in [6.45, 7) is 4.62. The quantitative estimate of drug-likeness (QED) is 0.461. The summed E-state index contributed by atoms with van der Waals surface area (Å²) in [5, 5.41) is 3.82. The highest BCUT2D eigenvalue weighted by Gasteiger charge is 2.15. The maximum atomic E-state index is 13.1. The molecule has 4 aromatic rings. The molecule has 0 bridgehead atoms. The molecule has 28 heavy (non-hydrogen) atoms. The Morgan fingerprint density at radius 1 is 1.07 bits per heavy atom. The van der Waals surface area contributed by atoms with Crippen molar-refractivity contribution in [3.8, 4) is 16.3 Å². The summed E-state index contributed by atoms with van der Waals surface area (Å²) < 4.78 is 5.45. The fourth-order valence-electron chi connectivity index (χ4n) is 3.06. The standard InChI is InChI=1S/C23H20N2O2S/c1-3-27-17-11-9-16(10-12-17)24-23(26)19-14-21(22-13-8-15(2)28-22)25-20-7-5-4-6-18(19)20/h4-14H,3H2,1-2H3,(H,24,26). The van der Waals surface area contributed by atoms with Gasteiger partial charge in [0.25, 0.3) is 5.91 Å². The van der Waals surface area contributed by atoms with Gasteiger partial charge in [0.05, 0.1) is 28.3 Å². The van der Waals surface area contributed by atoms with Crippen LogP contribution in [0.5, 0.6) is 5.75 Å². The molecule has 2 aromatic carbocycles. The molecule has 0 saturated carbocycles. The van der Waals surface area contributed by atoms with Crippen LogP contribution in [0.25, 0.3) is 21.5 Å². The Morgan fingerprint density at radius 2 is 1.86 bits per heavy atom. The number of nitrogens with one attached hydrogen (secondary N) is 1. The van der Waals surface area contributed by atoms with Crippen LogP contribution >= 0.6 is 11.3 Å². The van der Waals surface area contributed by atoms with Crippen LogP contribution in [0.1, 0.15) is 22.2 Å². The molecule has 0 aliphatic rings. The van der Waals surface area contributed by atoms with E-state index in [0.717, 1.165) is 32.9 Å². The van der Waals surface area contributed by atoms with Gasteiger partial charge >= 0.3 is 0 Å². The second-order valence-corrected chi connectivity index (χ2v) is 7.68. The molecular formula is C23H20N2O2S. The van der Waals surface area contributed by atoms with Gasteiger partial charge < -0.3 is 10.1 Å². The highest BCUT2D eigenvalue weighted by atomic mass is 32.1. The number of pyridine rings is 1. The molecule has 2 heterocycles. The molecule has 0 fully saturated rings. The minimum absolute atomic E-state index is 0.155. The van der Waals surface area contributed by atoms with E-state index in [0.29, 0.717) is 12.2 Å². The first-order chi connectivity index (χ1) is 13.6. The van der Waals surface area contributed by atoms with Gasteiger partial charge in [0, 0.05) is 16.0 Å². The number of aromatic nitrogens is 1. The van der Waals surface area contributed by atoms with E-state index in [1.165, 1.54) is 4.88 Å². The normalized spacial score (nSPS) is 10.8. The average molecular weight is 388 g/mol. The van der Waals surface area contributed by atoms with Gasteiger partial charge in [-0.1, -0.05) is 18.2 Å². The molecule has 0 saturated heterocycles. The minimum atomic E-state index is -0.155. The Hall–Kier alpha value is -3.18. The van der Waals surface area contributed by atoms with Gasteiger partial charge in [0.2, 0.25) is 0 Å². The number of hydrogen-bond donors (Lipinski definition) is 1. The Balaban J connectivity index is 1.71. The third-order valence-corrected chi connectivity index (χ3v) is 5.40. The van der Waals surface area contributed by atoms with Crippen LogP contribution in [0.3, 0.4) is 0 Å². The molecule has 0 spiro atoms. The number of carbonyl (C=O) groups excluding carboxylic acids is 1. The number of para-hydroxylation sites is 1. The molecule has 0 unspecified atom stereocenters. The largest absolute Gasteiger partial charge is 0.494 e. The van der Waals surface area contributed by atoms with Crippen molar-refractivity contribution >= 4 is 33.8 Å². The first-order valence-electron chi connectivity index (χ1n) is 9.15. The van der Waals surface area contributed by atoms with Crippen LogP contribution in [0.4, 0.5) is 5.69 Å². The summed E-state index contributed by atoms with van der Waals surface area (Å²) in [4.78, 5) is 20.1. The van der Waals surface area contributed by atoms with Crippen LogP contribution in [0.2, 0.25) is 0 Å². The van der Waals surface area contributed by atoms with Gasteiger partial charge in [-0.2, -0.15) is 0 Å². The number of amides is 1. The van der Waals surface area contributed by atoms with Crippen molar-refractivity contribution in [2.24, 2.45) is 0 Å². The van der Waals surface area contributed by atoms with Crippen molar-refractivity contribution in [3.63, 3.8) is 0 Å². The number of fused-ring (bicyclic) bond motifs is 1. The molecule has 0 aliphatic carbocycles. The summed E-state index contributed by atoms with van der Waals surface area (Å²) in [6, 6.07) is 21.1. The molecular weight excluding hydrogens is 368 g/mol. The zero-order valence-electron chi connectivity index (χ0n) is 15.7. The zero-order chi connectivity index (χ0) is 19.5. The van der Waals surface area contributed by atoms with Crippen LogP contribution in [-0.2, 0) is 0 Å². The van der Waals surface area contributed by atoms with Gasteiger partial charge in [0.15, 0.2) is 0 Å². The minimum Gasteiger partial charge on any atom is -0.494 e. The van der Waals surface area contributed by atoms with E-state index in [-0.39, 0.29) is 5.91 Å². The summed E-state index contributed by atoms with van der Waals surface area (Å²) in [5.41, 5.74) is 2.96. The molecule has 0 aliphatic heterocycles. The topological polar surface area (TPSA) is 51.2 Å². The van der Waals surface area contributed by atoms with E-state index in [2.05, 4.69) is 18.3 Å². The molecule has 4 nitrogen and oxygen atoms in total. The van der Waals surface area contributed by atoms with Gasteiger partial charge in [-0.15, -0.1) is 11.3 Å². The van der Waals surface area contributed by atoms with Crippen LogP contribution in [-0.4, -0.2) is 17.5 Å². The summed E-state index contributed by atoms with van der Waals surface area (Å²) >= 11 is 1.67. The molecule has 5 heteroatoms. The van der Waals surface area contributed by atoms with Gasteiger partial charge in [-0.25, -0.2) is 4.98 Å². The van der Waals surface area contributed by atoms with E-state index in [9.17, 15) is 4.79 Å². The predicted octanol–water partition coefficient (Wildman–Crippen LogP) is 5.92. The highest BCUT2D eigenvalue weighted by molar-refractivity contribution is 7.15. The smallest absolute Gasteiger partial charge is 0.256 e. The number of rotatable bonds is 5. The summed E-state index contributed by atoms with van der Waals surface area (Å²) in [5.74, 6) is 0.627. The first-order valence-corrected chi connectivity index (χ1v) is 9.96. The van der Waals surface area contributed by atoms with Gasteiger partial charge in [-0.3, -0.25) is 4.79 Å². The maximum Gasteiger partial charge on any atom is 0.256 e. The summed E-state index contributed by atoms with van der Waals surface area (Å²) in [7, 11) is 0. The molecule has 1 amide bonds. The van der Waals surface area contributed by atoms with Gasteiger partial charge in [0.1, 0.15) is 5.75 Å². The number of benzene rings is 2. The van der Waals surface area contributed by atoms with Crippen LogP contribution < -0.4 is 10.1 Å². The molecule has 0 radical (unpaired) electrons. The molecule has 2 aromatic heterocycles. The van der Waals surface area contributed by atoms with E-state index in [1.807, 2.05) is 67.6 Å². The van der Waals surface area contributed by atoms with Crippen molar-refractivity contribution in [1.29, 1.82) is 0 Å². The highest BCUT2D eigenvalue weighted by Crippen LogP contribution is 2.30. The number of carbonyl (C=O) groups is 1. The Kier molecular flexibility index (Phi) is 5.08. The number of hydrogen-bond acceptors (Lipinski definition) is 4. The lowest BCUT2D eigenvalue weighted by Gasteiger charge is -2.10. The fraction of sp³-hybridized carbons (Fsp3) is 0.130. The zero-order valence-corrected chi connectivity index (χ0v) is 16.5. The molecule has 0 atom stereocenters. The Labute approximate surface area is 167 Å². The van der Waals surface area contributed by atoms with Crippen LogP contribution in [0, 0.1) is 6.92 Å². The number of nitrogens with zero attached hydrogens (tertiary/aromatic N) is 1. The third kappa shape index (κ3) is 3.75. The predicted molar refractivity (Wildman–Crippen MR) is 115 cm³/mol. The SMILES string of the molecule is CCOc1ccc(NC(=O)c2cc(-c3ccc(C)s3)nc3ccccc23)cc1. The van der Waals surface area contributed by atoms with E-state index in [4.69, 9.17) is 9.72 Å². The van der Waals surface area contributed by atoms with E-state index < -0.39 is 0 Å². The fourth-order valence-corrected chi connectivity index (χ4v) is 3.89. The average Bonchev–Trinajstić information content (AvgIpc) is 3.15. The summed E-state index contributed by atoms with van der Waals surface area (Å²) in [6.07, 6.45) is 0. The monoisotopic (exact) mass is 388 g/mol. The lowest BCUT2D eigenvalue weighted by Crippen LogP contribution is -2.13. The third-order valence-electron chi connectivity index (χ3n) is 4.38. The Morgan fingerprint density at radius 3 is 2.57 bits per heavy atom. The van der Waals surface area contributed by atoms with E-state index >= 15 is 0 Å². The number of anilines is 1. The van der Waals surface area contributed by atoms with Crippen molar-refractivity contribution < 1.29 is 9.53 Å². The van der Waals surface area contributed by atoms with E-state index in [1.54, 1.807) is 11.3 Å². The molecule has 140 valence electrons. The Bertz CT molecular complexity index is 1130. The second-order valence-electron chi connectivity index (χ2n) is 6.39. The maximum absolute atomic E-state index is 13.1. The second kappa shape index (κ2) is 7.82. The van der Waals surface area contributed by atoms with Crippen molar-refractivity contribution in [2.45, 2.75) is 13.8 Å². The first kappa shape index (κ1) is 18.2. The molecule has 4 rings (SSSR count). The van der Waals surface area contributed by atoms with Gasteiger partial charge in [-0.05, 0) is 62.4 Å². The van der Waals surface area contributed by atoms with Crippen molar-refractivity contribution in [2.75, 3.05) is 11.9 Å². The number of ether oxygens (including phenoxy) is 1.